The minimum Gasteiger partial charge on any atom is -0.355 e. The van der Waals surface area contributed by atoms with Crippen molar-refractivity contribution in [2.75, 3.05) is 26.2 Å². The SMILES string of the molecule is CCNC(=O)CN(CC)C(=O)CC1(CN)CCC1. The summed E-state index contributed by atoms with van der Waals surface area (Å²) in [6.07, 6.45) is 3.71. The molecule has 0 aromatic carbocycles. The van der Waals surface area contributed by atoms with Crippen molar-refractivity contribution in [3.8, 4) is 0 Å². The highest BCUT2D eigenvalue weighted by molar-refractivity contribution is 5.85. The molecular formula is C13H25N3O2. The van der Waals surface area contributed by atoms with Gasteiger partial charge in [-0.1, -0.05) is 6.42 Å². The fraction of sp³-hybridized carbons (Fsp3) is 0.846. The maximum Gasteiger partial charge on any atom is 0.239 e. The molecule has 1 rings (SSSR count). The molecule has 1 fully saturated rings. The summed E-state index contributed by atoms with van der Waals surface area (Å²) in [7, 11) is 0. The van der Waals surface area contributed by atoms with Crippen LogP contribution in [0.3, 0.4) is 0 Å². The van der Waals surface area contributed by atoms with Gasteiger partial charge in [-0.15, -0.1) is 0 Å². The fourth-order valence-corrected chi connectivity index (χ4v) is 2.37. The molecule has 104 valence electrons. The largest absolute Gasteiger partial charge is 0.355 e. The van der Waals surface area contributed by atoms with Gasteiger partial charge in [0, 0.05) is 19.5 Å². The molecule has 0 aliphatic heterocycles. The Morgan fingerprint density at radius 2 is 2.00 bits per heavy atom. The number of amides is 2. The zero-order chi connectivity index (χ0) is 13.6. The van der Waals surface area contributed by atoms with E-state index >= 15 is 0 Å². The third kappa shape index (κ3) is 3.70. The molecule has 5 nitrogen and oxygen atoms in total. The van der Waals surface area contributed by atoms with E-state index in [-0.39, 0.29) is 23.8 Å². The van der Waals surface area contributed by atoms with Gasteiger partial charge in [-0.05, 0) is 38.6 Å². The summed E-state index contributed by atoms with van der Waals surface area (Å²) in [5.41, 5.74) is 5.76. The van der Waals surface area contributed by atoms with Crippen LogP contribution in [0.25, 0.3) is 0 Å². The molecular weight excluding hydrogens is 230 g/mol. The average molecular weight is 255 g/mol. The second-order valence-corrected chi connectivity index (χ2v) is 5.10. The summed E-state index contributed by atoms with van der Waals surface area (Å²) in [6, 6.07) is 0. The molecule has 0 heterocycles. The van der Waals surface area contributed by atoms with Crippen LogP contribution in [0.4, 0.5) is 0 Å². The fourth-order valence-electron chi connectivity index (χ4n) is 2.37. The van der Waals surface area contributed by atoms with E-state index < -0.39 is 0 Å². The van der Waals surface area contributed by atoms with Gasteiger partial charge in [0.05, 0.1) is 6.54 Å². The molecule has 0 spiro atoms. The molecule has 1 aliphatic rings. The van der Waals surface area contributed by atoms with E-state index in [4.69, 9.17) is 5.73 Å². The number of likely N-dealkylation sites (N-methyl/N-ethyl adjacent to an activating group) is 2. The van der Waals surface area contributed by atoms with Crippen molar-refractivity contribution in [3.63, 3.8) is 0 Å². The molecule has 1 saturated carbocycles. The summed E-state index contributed by atoms with van der Waals surface area (Å²) in [6.45, 7) is 5.65. The van der Waals surface area contributed by atoms with Crippen LogP contribution < -0.4 is 11.1 Å². The third-order valence-corrected chi connectivity index (χ3v) is 3.82. The number of hydrogen-bond acceptors (Lipinski definition) is 3. The summed E-state index contributed by atoms with van der Waals surface area (Å²) >= 11 is 0. The highest BCUT2D eigenvalue weighted by Crippen LogP contribution is 2.43. The van der Waals surface area contributed by atoms with E-state index in [1.54, 1.807) is 4.90 Å². The predicted octanol–water partition coefficient (Wildman–Crippen LogP) is 0.490. The van der Waals surface area contributed by atoms with Crippen LogP contribution in [0.15, 0.2) is 0 Å². The first kappa shape index (κ1) is 15.0. The van der Waals surface area contributed by atoms with Gasteiger partial charge in [0.1, 0.15) is 0 Å². The highest BCUT2D eigenvalue weighted by Gasteiger charge is 2.38. The van der Waals surface area contributed by atoms with Gasteiger partial charge in [-0.25, -0.2) is 0 Å². The zero-order valence-electron chi connectivity index (χ0n) is 11.5. The summed E-state index contributed by atoms with van der Waals surface area (Å²) in [5, 5.41) is 2.71. The lowest BCUT2D eigenvalue weighted by Gasteiger charge is -2.41. The number of nitrogens with one attached hydrogen (secondary N) is 1. The molecule has 0 aromatic rings. The molecule has 0 saturated heterocycles. The van der Waals surface area contributed by atoms with E-state index in [1.165, 1.54) is 0 Å². The van der Waals surface area contributed by atoms with E-state index in [2.05, 4.69) is 5.32 Å². The van der Waals surface area contributed by atoms with Crippen molar-refractivity contribution >= 4 is 11.8 Å². The first-order valence-corrected chi connectivity index (χ1v) is 6.81. The Bertz CT molecular complexity index is 295. The van der Waals surface area contributed by atoms with E-state index in [0.29, 0.717) is 26.1 Å². The number of nitrogens with zero attached hydrogens (tertiary/aromatic N) is 1. The lowest BCUT2D eigenvalue weighted by atomic mass is 9.66. The molecule has 0 bridgehead atoms. The van der Waals surface area contributed by atoms with Crippen LogP contribution in [-0.4, -0.2) is 42.9 Å². The van der Waals surface area contributed by atoms with Gasteiger partial charge in [0.15, 0.2) is 0 Å². The maximum atomic E-state index is 12.2. The Kier molecular flexibility index (Phi) is 5.59. The summed E-state index contributed by atoms with van der Waals surface area (Å²) < 4.78 is 0. The summed E-state index contributed by atoms with van der Waals surface area (Å²) in [4.78, 5) is 25.3. The van der Waals surface area contributed by atoms with Crippen molar-refractivity contribution < 1.29 is 9.59 Å². The molecule has 0 radical (unpaired) electrons. The van der Waals surface area contributed by atoms with E-state index in [9.17, 15) is 9.59 Å². The molecule has 1 aliphatic carbocycles. The third-order valence-electron chi connectivity index (χ3n) is 3.82. The van der Waals surface area contributed by atoms with Crippen molar-refractivity contribution in [1.29, 1.82) is 0 Å². The predicted molar refractivity (Wildman–Crippen MR) is 70.9 cm³/mol. The van der Waals surface area contributed by atoms with Gasteiger partial charge < -0.3 is 16.0 Å². The molecule has 0 unspecified atom stereocenters. The normalized spacial score (nSPS) is 16.8. The molecule has 0 aromatic heterocycles. The monoisotopic (exact) mass is 255 g/mol. The zero-order valence-corrected chi connectivity index (χ0v) is 11.5. The van der Waals surface area contributed by atoms with E-state index in [1.807, 2.05) is 13.8 Å². The first-order valence-electron chi connectivity index (χ1n) is 6.81. The highest BCUT2D eigenvalue weighted by atomic mass is 16.2. The van der Waals surface area contributed by atoms with Crippen molar-refractivity contribution in [2.24, 2.45) is 11.1 Å². The molecule has 18 heavy (non-hydrogen) atoms. The number of hydrogen-bond donors (Lipinski definition) is 2. The minimum atomic E-state index is -0.0943. The van der Waals surface area contributed by atoms with Crippen molar-refractivity contribution in [3.05, 3.63) is 0 Å². The Hall–Kier alpha value is -1.10. The standard InChI is InChI=1S/C13H25N3O2/c1-3-15-11(17)9-16(4-2)12(18)8-13(10-14)6-5-7-13/h3-10,14H2,1-2H3,(H,15,17). The Balaban J connectivity index is 2.48. The topological polar surface area (TPSA) is 75.4 Å². The minimum absolute atomic E-state index is 0.00569. The number of carbonyl (C=O) groups excluding carboxylic acids is 2. The van der Waals surface area contributed by atoms with Crippen LogP contribution in [0.2, 0.25) is 0 Å². The Morgan fingerprint density at radius 1 is 1.33 bits per heavy atom. The summed E-state index contributed by atoms with van der Waals surface area (Å²) in [5.74, 6) is -0.0444. The van der Waals surface area contributed by atoms with Crippen LogP contribution in [0, 0.1) is 5.41 Å². The van der Waals surface area contributed by atoms with Gasteiger partial charge in [0.2, 0.25) is 11.8 Å². The number of nitrogens with two attached hydrogens (primary N) is 1. The lowest BCUT2D eigenvalue weighted by Crippen LogP contribution is -2.46. The average Bonchev–Trinajstić information content (AvgIpc) is 2.30. The Morgan fingerprint density at radius 3 is 2.39 bits per heavy atom. The second kappa shape index (κ2) is 6.73. The van der Waals surface area contributed by atoms with Gasteiger partial charge in [-0.2, -0.15) is 0 Å². The smallest absolute Gasteiger partial charge is 0.239 e. The first-order chi connectivity index (χ1) is 8.56. The van der Waals surface area contributed by atoms with E-state index in [0.717, 1.165) is 19.3 Å². The van der Waals surface area contributed by atoms with Crippen molar-refractivity contribution in [1.82, 2.24) is 10.2 Å². The van der Waals surface area contributed by atoms with Crippen LogP contribution >= 0.6 is 0 Å². The van der Waals surface area contributed by atoms with Crippen LogP contribution in [-0.2, 0) is 9.59 Å². The molecule has 3 N–H and O–H groups in total. The maximum absolute atomic E-state index is 12.2. The van der Waals surface area contributed by atoms with Gasteiger partial charge in [0.25, 0.3) is 0 Å². The lowest BCUT2D eigenvalue weighted by molar-refractivity contribution is -0.138. The van der Waals surface area contributed by atoms with Crippen LogP contribution in [0.1, 0.15) is 39.5 Å². The van der Waals surface area contributed by atoms with Gasteiger partial charge in [-0.3, -0.25) is 9.59 Å². The number of rotatable bonds is 7. The molecule has 0 atom stereocenters. The molecule has 5 heteroatoms. The van der Waals surface area contributed by atoms with Crippen LogP contribution in [0.5, 0.6) is 0 Å². The van der Waals surface area contributed by atoms with Gasteiger partial charge >= 0.3 is 0 Å². The van der Waals surface area contributed by atoms with Crippen molar-refractivity contribution in [2.45, 2.75) is 39.5 Å². The molecule has 2 amide bonds. The second-order valence-electron chi connectivity index (χ2n) is 5.10. The number of carbonyl (C=O) groups is 2. The quantitative estimate of drug-likeness (QED) is 0.695. The Labute approximate surface area is 109 Å².